The fraction of sp³-hybridized carbons (Fsp3) is 0.875. The van der Waals surface area contributed by atoms with Gasteiger partial charge < -0.3 is 0 Å². The van der Waals surface area contributed by atoms with E-state index < -0.39 is 12.1 Å². The summed E-state index contributed by atoms with van der Waals surface area (Å²) in [4.78, 5) is 10.8. The molecule has 0 aromatic rings. The highest BCUT2D eigenvalue weighted by atomic mass is 19.4. The standard InChI is InChI=1S/C8H13F3O/c1-3-4-7(12)5-6(2)8(9,10)11/h6H,3-5H2,1-2H3. The summed E-state index contributed by atoms with van der Waals surface area (Å²) in [6, 6.07) is 0. The molecule has 72 valence electrons. The van der Waals surface area contributed by atoms with Crippen molar-refractivity contribution in [2.24, 2.45) is 5.92 Å². The molecule has 0 radical (unpaired) electrons. The molecular formula is C8H13F3O. The van der Waals surface area contributed by atoms with Crippen LogP contribution in [-0.4, -0.2) is 12.0 Å². The van der Waals surface area contributed by atoms with Crippen molar-refractivity contribution in [3.63, 3.8) is 0 Å². The van der Waals surface area contributed by atoms with Gasteiger partial charge in [0.05, 0.1) is 5.92 Å². The number of alkyl halides is 3. The second-order valence-electron chi connectivity index (χ2n) is 2.94. The van der Waals surface area contributed by atoms with Crippen molar-refractivity contribution in [3.05, 3.63) is 0 Å². The number of carbonyl (C=O) groups excluding carboxylic acids is 1. The third kappa shape index (κ3) is 4.36. The Morgan fingerprint density at radius 2 is 1.92 bits per heavy atom. The van der Waals surface area contributed by atoms with E-state index in [1.54, 1.807) is 6.92 Å². The molecule has 0 heterocycles. The van der Waals surface area contributed by atoms with E-state index in [0.717, 1.165) is 6.92 Å². The number of rotatable bonds is 4. The van der Waals surface area contributed by atoms with Crippen molar-refractivity contribution >= 4 is 5.78 Å². The minimum Gasteiger partial charge on any atom is -0.300 e. The first kappa shape index (κ1) is 11.5. The van der Waals surface area contributed by atoms with Crippen molar-refractivity contribution in [2.75, 3.05) is 0 Å². The van der Waals surface area contributed by atoms with Crippen LogP contribution in [0.3, 0.4) is 0 Å². The molecule has 0 aromatic heterocycles. The van der Waals surface area contributed by atoms with E-state index >= 15 is 0 Å². The predicted octanol–water partition coefficient (Wildman–Crippen LogP) is 2.94. The van der Waals surface area contributed by atoms with Crippen molar-refractivity contribution in [2.45, 2.75) is 39.3 Å². The van der Waals surface area contributed by atoms with Crippen LogP contribution in [0.2, 0.25) is 0 Å². The van der Waals surface area contributed by atoms with E-state index in [0.29, 0.717) is 6.42 Å². The maximum absolute atomic E-state index is 11.9. The molecule has 0 aliphatic heterocycles. The van der Waals surface area contributed by atoms with Crippen LogP contribution in [0.4, 0.5) is 13.2 Å². The molecule has 1 unspecified atom stereocenters. The van der Waals surface area contributed by atoms with Crippen molar-refractivity contribution in [3.8, 4) is 0 Å². The average molecular weight is 182 g/mol. The lowest BCUT2D eigenvalue weighted by Gasteiger charge is -2.13. The zero-order valence-electron chi connectivity index (χ0n) is 7.24. The third-order valence-electron chi connectivity index (χ3n) is 1.62. The average Bonchev–Trinajstić information content (AvgIpc) is 1.85. The predicted molar refractivity (Wildman–Crippen MR) is 39.8 cm³/mol. The number of carbonyl (C=O) groups is 1. The minimum absolute atomic E-state index is 0.250. The highest BCUT2D eigenvalue weighted by molar-refractivity contribution is 5.78. The Labute approximate surface area is 70.0 Å². The Hall–Kier alpha value is -0.540. The van der Waals surface area contributed by atoms with Crippen molar-refractivity contribution in [1.29, 1.82) is 0 Å². The van der Waals surface area contributed by atoms with Gasteiger partial charge in [0.25, 0.3) is 0 Å². The van der Waals surface area contributed by atoms with E-state index in [4.69, 9.17) is 0 Å². The molecule has 0 amide bonds. The molecule has 12 heavy (non-hydrogen) atoms. The van der Waals surface area contributed by atoms with Gasteiger partial charge in [0.2, 0.25) is 0 Å². The molecule has 0 spiro atoms. The van der Waals surface area contributed by atoms with Crippen LogP contribution in [-0.2, 0) is 4.79 Å². The molecule has 1 nitrogen and oxygen atoms in total. The van der Waals surface area contributed by atoms with Gasteiger partial charge in [-0.25, -0.2) is 0 Å². The molecule has 0 bridgehead atoms. The summed E-state index contributed by atoms with van der Waals surface area (Å²) in [7, 11) is 0. The molecule has 0 N–H and O–H groups in total. The first-order valence-electron chi connectivity index (χ1n) is 3.96. The zero-order chi connectivity index (χ0) is 9.78. The summed E-state index contributed by atoms with van der Waals surface area (Å²) < 4.78 is 35.7. The van der Waals surface area contributed by atoms with Crippen LogP contribution in [0.1, 0.15) is 33.1 Å². The second kappa shape index (κ2) is 4.48. The normalized spacial score (nSPS) is 14.4. The number of hydrogen-bond acceptors (Lipinski definition) is 1. The molecule has 0 aromatic carbocycles. The van der Waals surface area contributed by atoms with Gasteiger partial charge in [-0.15, -0.1) is 0 Å². The lowest BCUT2D eigenvalue weighted by atomic mass is 10.0. The van der Waals surface area contributed by atoms with Gasteiger partial charge in [-0.3, -0.25) is 4.79 Å². The van der Waals surface area contributed by atoms with E-state index in [-0.39, 0.29) is 18.6 Å². The molecule has 0 aliphatic rings. The van der Waals surface area contributed by atoms with Crippen molar-refractivity contribution < 1.29 is 18.0 Å². The van der Waals surface area contributed by atoms with Crippen LogP contribution in [0.5, 0.6) is 0 Å². The fourth-order valence-corrected chi connectivity index (χ4v) is 0.838. The summed E-state index contributed by atoms with van der Waals surface area (Å²) in [5.74, 6) is -1.81. The maximum atomic E-state index is 11.9. The number of ketones is 1. The summed E-state index contributed by atoms with van der Waals surface area (Å²) in [6.45, 7) is 2.81. The Morgan fingerprint density at radius 1 is 1.42 bits per heavy atom. The third-order valence-corrected chi connectivity index (χ3v) is 1.62. The Balaban J connectivity index is 3.84. The van der Waals surface area contributed by atoms with E-state index in [1.165, 1.54) is 0 Å². The maximum Gasteiger partial charge on any atom is 0.391 e. The largest absolute Gasteiger partial charge is 0.391 e. The van der Waals surface area contributed by atoms with E-state index in [2.05, 4.69) is 0 Å². The van der Waals surface area contributed by atoms with Crippen LogP contribution in [0.15, 0.2) is 0 Å². The highest BCUT2D eigenvalue weighted by Gasteiger charge is 2.36. The molecule has 0 aliphatic carbocycles. The number of Topliss-reactive ketones (excluding diaryl/α,β-unsaturated/α-hetero) is 1. The van der Waals surface area contributed by atoms with Crippen LogP contribution >= 0.6 is 0 Å². The summed E-state index contributed by atoms with van der Waals surface area (Å²) in [6.07, 6.45) is -3.75. The van der Waals surface area contributed by atoms with Gasteiger partial charge in [0.15, 0.2) is 0 Å². The Morgan fingerprint density at radius 3 is 2.25 bits per heavy atom. The first-order chi connectivity index (χ1) is 5.38. The fourth-order valence-electron chi connectivity index (χ4n) is 0.838. The number of halogens is 3. The molecule has 0 saturated carbocycles. The molecule has 0 rings (SSSR count). The quantitative estimate of drug-likeness (QED) is 0.653. The smallest absolute Gasteiger partial charge is 0.300 e. The van der Waals surface area contributed by atoms with E-state index in [1.807, 2.05) is 0 Å². The lowest BCUT2D eigenvalue weighted by Crippen LogP contribution is -2.22. The van der Waals surface area contributed by atoms with Crippen LogP contribution in [0.25, 0.3) is 0 Å². The van der Waals surface area contributed by atoms with E-state index in [9.17, 15) is 18.0 Å². The molecule has 0 saturated heterocycles. The zero-order valence-corrected chi connectivity index (χ0v) is 7.24. The van der Waals surface area contributed by atoms with Gasteiger partial charge in [-0.2, -0.15) is 13.2 Å². The van der Waals surface area contributed by atoms with Gasteiger partial charge in [-0.1, -0.05) is 13.8 Å². The lowest BCUT2D eigenvalue weighted by molar-refractivity contribution is -0.173. The second-order valence-corrected chi connectivity index (χ2v) is 2.94. The topological polar surface area (TPSA) is 17.1 Å². The van der Waals surface area contributed by atoms with Gasteiger partial charge >= 0.3 is 6.18 Å². The molecule has 0 fully saturated rings. The summed E-state index contributed by atoms with van der Waals surface area (Å²) in [5, 5.41) is 0. The highest BCUT2D eigenvalue weighted by Crippen LogP contribution is 2.28. The van der Waals surface area contributed by atoms with Crippen LogP contribution < -0.4 is 0 Å². The molecule has 1 atom stereocenters. The minimum atomic E-state index is -4.23. The van der Waals surface area contributed by atoms with Gasteiger partial charge in [0.1, 0.15) is 5.78 Å². The summed E-state index contributed by atoms with van der Waals surface area (Å²) in [5.41, 5.74) is 0. The van der Waals surface area contributed by atoms with Gasteiger partial charge in [0, 0.05) is 12.8 Å². The SMILES string of the molecule is CCCC(=O)CC(C)C(F)(F)F. The monoisotopic (exact) mass is 182 g/mol. The number of hydrogen-bond donors (Lipinski definition) is 0. The molecule has 4 heteroatoms. The Kier molecular flexibility index (Phi) is 4.28. The van der Waals surface area contributed by atoms with Crippen molar-refractivity contribution in [1.82, 2.24) is 0 Å². The van der Waals surface area contributed by atoms with Crippen LogP contribution in [0, 0.1) is 5.92 Å². The Bertz CT molecular complexity index is 151. The van der Waals surface area contributed by atoms with Gasteiger partial charge in [-0.05, 0) is 6.42 Å². The first-order valence-corrected chi connectivity index (χ1v) is 3.96. The molecular weight excluding hydrogens is 169 g/mol. The summed E-state index contributed by atoms with van der Waals surface area (Å²) >= 11 is 0.